The summed E-state index contributed by atoms with van der Waals surface area (Å²) in [7, 11) is 3.79. The maximum absolute atomic E-state index is 10.4. The molecule has 6 nitrogen and oxygen atoms in total. The van der Waals surface area contributed by atoms with Gasteiger partial charge in [0.2, 0.25) is 0 Å². The van der Waals surface area contributed by atoms with Crippen molar-refractivity contribution in [3.63, 3.8) is 0 Å². The van der Waals surface area contributed by atoms with Gasteiger partial charge in [-0.15, -0.1) is 0 Å². The first-order chi connectivity index (χ1) is 7.15. The van der Waals surface area contributed by atoms with Crippen LogP contribution in [0.2, 0.25) is 0 Å². The lowest BCUT2D eigenvalue weighted by atomic mass is 10.3. The van der Waals surface area contributed by atoms with Gasteiger partial charge in [-0.25, -0.2) is 0 Å². The summed E-state index contributed by atoms with van der Waals surface area (Å²) < 4.78 is 0. The second-order valence-corrected chi connectivity index (χ2v) is 3.16. The topological polar surface area (TPSA) is 71.3 Å². The Hall–Kier alpha value is -1.69. The molecule has 0 bridgehead atoms. The van der Waals surface area contributed by atoms with Gasteiger partial charge in [0.25, 0.3) is 0 Å². The quantitative estimate of drug-likeness (QED) is 0.570. The smallest absolute Gasteiger partial charge is 0.363 e. The van der Waals surface area contributed by atoms with E-state index in [1.807, 2.05) is 19.0 Å². The average molecular weight is 210 g/mol. The summed E-state index contributed by atoms with van der Waals surface area (Å²) >= 11 is 0. The van der Waals surface area contributed by atoms with Crippen molar-refractivity contribution in [2.24, 2.45) is 0 Å². The molecule has 0 aliphatic heterocycles. The average Bonchev–Trinajstić information content (AvgIpc) is 2.26. The van der Waals surface area contributed by atoms with Crippen LogP contribution >= 0.6 is 0 Å². The van der Waals surface area contributed by atoms with Gasteiger partial charge in [-0.05, 0) is 23.0 Å². The van der Waals surface area contributed by atoms with Crippen LogP contribution in [0.25, 0.3) is 0 Å². The van der Waals surface area contributed by atoms with E-state index in [1.165, 1.54) is 12.3 Å². The minimum absolute atomic E-state index is 0.124. The molecule has 1 rings (SSSR count). The second-order valence-electron chi connectivity index (χ2n) is 3.16. The van der Waals surface area contributed by atoms with Crippen molar-refractivity contribution in [3.05, 3.63) is 28.4 Å². The van der Waals surface area contributed by atoms with Crippen molar-refractivity contribution in [1.29, 1.82) is 0 Å². The van der Waals surface area contributed by atoms with Gasteiger partial charge in [0.1, 0.15) is 0 Å². The van der Waals surface area contributed by atoms with E-state index in [-0.39, 0.29) is 5.82 Å². The maximum atomic E-state index is 10.4. The molecule has 0 amide bonds. The minimum Gasteiger partial charge on any atom is -0.370 e. The number of nitrogens with one attached hydrogen (secondary N) is 1. The number of hydrogen-bond donors (Lipinski definition) is 1. The molecule has 0 spiro atoms. The monoisotopic (exact) mass is 210 g/mol. The zero-order valence-electron chi connectivity index (χ0n) is 8.80. The molecule has 0 radical (unpaired) electrons. The Bertz CT molecular complexity index is 325. The molecule has 6 heteroatoms. The molecule has 0 saturated carbocycles. The molecule has 0 unspecified atom stereocenters. The highest BCUT2D eigenvalue weighted by Gasteiger charge is 2.08. The zero-order chi connectivity index (χ0) is 11.3. The molecule has 0 aliphatic rings. The summed E-state index contributed by atoms with van der Waals surface area (Å²) in [5.74, 6) is -0.124. The number of nitro groups is 1. The van der Waals surface area contributed by atoms with E-state index >= 15 is 0 Å². The number of likely N-dealkylation sites (N-methyl/N-ethyl adjacent to an activating group) is 2. The van der Waals surface area contributed by atoms with E-state index < -0.39 is 4.92 Å². The summed E-state index contributed by atoms with van der Waals surface area (Å²) in [4.78, 5) is 15.6. The molecule has 0 aromatic carbocycles. The number of hydrogen-bond acceptors (Lipinski definition) is 5. The third-order valence-corrected chi connectivity index (χ3v) is 2.06. The highest BCUT2D eigenvalue weighted by molar-refractivity contribution is 5.45. The van der Waals surface area contributed by atoms with Crippen molar-refractivity contribution in [1.82, 2.24) is 10.3 Å². The second kappa shape index (κ2) is 5.26. The summed E-state index contributed by atoms with van der Waals surface area (Å²) in [5, 5.41) is 13.4. The van der Waals surface area contributed by atoms with Crippen LogP contribution < -0.4 is 10.2 Å². The molecule has 1 N–H and O–H groups in total. The molecule has 0 aliphatic carbocycles. The van der Waals surface area contributed by atoms with Crippen LogP contribution in [0.3, 0.4) is 0 Å². The third-order valence-electron chi connectivity index (χ3n) is 2.06. The zero-order valence-corrected chi connectivity index (χ0v) is 8.80. The van der Waals surface area contributed by atoms with E-state index in [2.05, 4.69) is 10.3 Å². The van der Waals surface area contributed by atoms with Crippen molar-refractivity contribution >= 4 is 11.5 Å². The van der Waals surface area contributed by atoms with Gasteiger partial charge in [0.05, 0.1) is 5.69 Å². The van der Waals surface area contributed by atoms with Crippen LogP contribution in [0.4, 0.5) is 11.5 Å². The SMILES string of the molecule is CNCCN(C)c1ccc([N+](=O)[O-])nc1. The first kappa shape index (κ1) is 11.4. The number of anilines is 1. The van der Waals surface area contributed by atoms with Crippen LogP contribution in [-0.4, -0.2) is 37.1 Å². The van der Waals surface area contributed by atoms with Crippen molar-refractivity contribution in [3.8, 4) is 0 Å². The van der Waals surface area contributed by atoms with Crippen LogP contribution in [0.5, 0.6) is 0 Å². The summed E-state index contributed by atoms with van der Waals surface area (Å²) in [5.41, 5.74) is 0.871. The van der Waals surface area contributed by atoms with Gasteiger partial charge in [0.15, 0.2) is 6.20 Å². The van der Waals surface area contributed by atoms with E-state index in [4.69, 9.17) is 0 Å². The highest BCUT2D eigenvalue weighted by atomic mass is 16.6. The lowest BCUT2D eigenvalue weighted by Crippen LogP contribution is -2.27. The van der Waals surface area contributed by atoms with E-state index in [0.29, 0.717) is 0 Å². The van der Waals surface area contributed by atoms with Gasteiger partial charge in [0, 0.05) is 26.2 Å². The third kappa shape index (κ3) is 3.17. The van der Waals surface area contributed by atoms with Crippen molar-refractivity contribution < 1.29 is 4.92 Å². The predicted octanol–water partition coefficient (Wildman–Crippen LogP) is 0.645. The predicted molar refractivity (Wildman–Crippen MR) is 58.1 cm³/mol. The summed E-state index contributed by atoms with van der Waals surface area (Å²) in [6.45, 7) is 1.68. The van der Waals surface area contributed by atoms with Gasteiger partial charge >= 0.3 is 5.82 Å². The van der Waals surface area contributed by atoms with E-state index in [0.717, 1.165) is 18.8 Å². The van der Waals surface area contributed by atoms with E-state index in [9.17, 15) is 10.1 Å². The molecular weight excluding hydrogens is 196 g/mol. The van der Waals surface area contributed by atoms with Gasteiger partial charge < -0.3 is 20.3 Å². The largest absolute Gasteiger partial charge is 0.370 e. The number of nitrogens with zero attached hydrogens (tertiary/aromatic N) is 3. The summed E-state index contributed by atoms with van der Waals surface area (Å²) in [6.07, 6.45) is 1.51. The van der Waals surface area contributed by atoms with Crippen LogP contribution in [0.1, 0.15) is 0 Å². The Kier molecular flexibility index (Phi) is 3.99. The fourth-order valence-corrected chi connectivity index (χ4v) is 1.12. The summed E-state index contributed by atoms with van der Waals surface area (Å²) in [6, 6.07) is 3.10. The Labute approximate surface area is 88.1 Å². The molecule has 0 atom stereocenters. The molecule has 0 saturated heterocycles. The van der Waals surface area contributed by atoms with Gasteiger partial charge in [-0.1, -0.05) is 0 Å². The number of pyridine rings is 1. The Balaban J connectivity index is 2.66. The Morgan fingerprint density at radius 1 is 1.60 bits per heavy atom. The molecule has 15 heavy (non-hydrogen) atoms. The standard InChI is InChI=1S/C9H14N4O2/c1-10-5-6-12(2)8-3-4-9(11-7-8)13(14)15/h3-4,7,10H,5-6H2,1-2H3. The van der Waals surface area contributed by atoms with Gasteiger partial charge in [-0.2, -0.15) is 0 Å². The van der Waals surface area contributed by atoms with Crippen LogP contribution in [0.15, 0.2) is 18.3 Å². The highest BCUT2D eigenvalue weighted by Crippen LogP contribution is 2.14. The number of rotatable bonds is 5. The molecule has 1 heterocycles. The molecule has 82 valence electrons. The maximum Gasteiger partial charge on any atom is 0.363 e. The molecule has 0 fully saturated rings. The Morgan fingerprint density at radius 2 is 2.33 bits per heavy atom. The van der Waals surface area contributed by atoms with E-state index in [1.54, 1.807) is 6.07 Å². The fourth-order valence-electron chi connectivity index (χ4n) is 1.12. The van der Waals surface area contributed by atoms with Crippen LogP contribution in [0, 0.1) is 10.1 Å². The lowest BCUT2D eigenvalue weighted by molar-refractivity contribution is -0.389. The molecule has 1 aromatic heterocycles. The minimum atomic E-state index is -0.503. The lowest BCUT2D eigenvalue weighted by Gasteiger charge is -2.16. The van der Waals surface area contributed by atoms with Crippen LogP contribution in [-0.2, 0) is 0 Å². The van der Waals surface area contributed by atoms with Crippen molar-refractivity contribution in [2.45, 2.75) is 0 Å². The molecular formula is C9H14N4O2. The normalized spacial score (nSPS) is 10.0. The first-order valence-electron chi connectivity index (χ1n) is 4.61. The molecule has 1 aromatic rings. The Morgan fingerprint density at radius 3 is 2.80 bits per heavy atom. The number of aromatic nitrogens is 1. The first-order valence-corrected chi connectivity index (χ1v) is 4.61. The van der Waals surface area contributed by atoms with Gasteiger partial charge in [-0.3, -0.25) is 0 Å². The van der Waals surface area contributed by atoms with Crippen molar-refractivity contribution in [2.75, 3.05) is 32.1 Å². The fraction of sp³-hybridized carbons (Fsp3) is 0.444.